The summed E-state index contributed by atoms with van der Waals surface area (Å²) in [7, 11) is 0. The average Bonchev–Trinajstić information content (AvgIpc) is 2.39. The molecule has 1 atom stereocenters. The van der Waals surface area contributed by atoms with E-state index < -0.39 is 0 Å². The number of ether oxygens (including phenoxy) is 1. The molecular weight excluding hydrogens is 180 g/mol. The molecule has 4 nitrogen and oxygen atoms in total. The average molecular weight is 198 g/mol. The van der Waals surface area contributed by atoms with E-state index >= 15 is 0 Å². The van der Waals surface area contributed by atoms with E-state index in [1.54, 1.807) is 11.0 Å². The molecule has 14 heavy (non-hydrogen) atoms. The van der Waals surface area contributed by atoms with Crippen LogP contribution in [0.15, 0.2) is 12.7 Å². The summed E-state index contributed by atoms with van der Waals surface area (Å²) in [6.45, 7) is 5.12. The smallest absolute Gasteiger partial charge is 0.410 e. The molecule has 4 heteroatoms. The summed E-state index contributed by atoms with van der Waals surface area (Å²) in [5.74, 6) is 0. The molecule has 0 radical (unpaired) electrons. The van der Waals surface area contributed by atoms with Crippen LogP contribution in [0.3, 0.4) is 0 Å². The van der Waals surface area contributed by atoms with Gasteiger partial charge in [0.25, 0.3) is 0 Å². The maximum atomic E-state index is 11.5. The Morgan fingerprint density at radius 1 is 1.64 bits per heavy atom. The van der Waals surface area contributed by atoms with Crippen molar-refractivity contribution in [3.05, 3.63) is 12.7 Å². The van der Waals surface area contributed by atoms with Gasteiger partial charge in [-0.1, -0.05) is 19.1 Å². The van der Waals surface area contributed by atoms with Crippen LogP contribution in [0.5, 0.6) is 0 Å². The molecule has 0 saturated carbocycles. The van der Waals surface area contributed by atoms with Gasteiger partial charge >= 0.3 is 6.09 Å². The molecule has 0 aromatic carbocycles. The van der Waals surface area contributed by atoms with Gasteiger partial charge in [-0.3, -0.25) is 0 Å². The van der Waals surface area contributed by atoms with Crippen LogP contribution in [-0.4, -0.2) is 36.7 Å². The van der Waals surface area contributed by atoms with Crippen molar-refractivity contribution in [1.82, 2.24) is 4.90 Å². The summed E-state index contributed by atoms with van der Waals surface area (Å²) >= 11 is 0. The number of nitrogens with two attached hydrogens (primary N) is 1. The minimum Gasteiger partial charge on any atom is -0.445 e. The van der Waals surface area contributed by atoms with Gasteiger partial charge in [0, 0.05) is 19.1 Å². The van der Waals surface area contributed by atoms with Crippen molar-refractivity contribution < 1.29 is 9.53 Å². The van der Waals surface area contributed by atoms with E-state index in [2.05, 4.69) is 6.58 Å². The van der Waals surface area contributed by atoms with Crippen LogP contribution in [-0.2, 0) is 4.74 Å². The summed E-state index contributed by atoms with van der Waals surface area (Å²) in [4.78, 5) is 13.1. The molecule has 1 aliphatic rings. The lowest BCUT2D eigenvalue weighted by Gasteiger charge is -2.21. The third-order valence-corrected chi connectivity index (χ3v) is 2.29. The quantitative estimate of drug-likeness (QED) is 0.676. The Hall–Kier alpha value is -1.03. The Labute approximate surface area is 84.7 Å². The Bertz CT molecular complexity index is 206. The van der Waals surface area contributed by atoms with E-state index in [0.29, 0.717) is 6.54 Å². The monoisotopic (exact) mass is 198 g/mol. The molecule has 0 aromatic heterocycles. The Morgan fingerprint density at radius 3 is 3.14 bits per heavy atom. The molecular formula is C10H18N2O2. The zero-order valence-electron chi connectivity index (χ0n) is 8.45. The highest BCUT2D eigenvalue weighted by molar-refractivity contribution is 5.67. The number of rotatable bonds is 2. The van der Waals surface area contributed by atoms with E-state index in [1.807, 2.05) is 0 Å². The summed E-state index contributed by atoms with van der Waals surface area (Å²) < 4.78 is 4.95. The number of carbonyl (C=O) groups is 1. The second-order valence-electron chi connectivity index (χ2n) is 3.57. The summed E-state index contributed by atoms with van der Waals surface area (Å²) in [6, 6.07) is 0.0915. The Balaban J connectivity index is 2.39. The van der Waals surface area contributed by atoms with Gasteiger partial charge in [-0.15, -0.1) is 0 Å². The van der Waals surface area contributed by atoms with Crippen LogP contribution < -0.4 is 5.73 Å². The molecule has 1 aliphatic heterocycles. The fourth-order valence-corrected chi connectivity index (χ4v) is 1.56. The van der Waals surface area contributed by atoms with E-state index in [1.165, 1.54) is 0 Å². The molecule has 80 valence electrons. The minimum atomic E-state index is -0.276. The van der Waals surface area contributed by atoms with Crippen LogP contribution in [0.25, 0.3) is 0 Å². The second-order valence-corrected chi connectivity index (χ2v) is 3.57. The van der Waals surface area contributed by atoms with E-state index in [-0.39, 0.29) is 18.7 Å². The topological polar surface area (TPSA) is 55.6 Å². The van der Waals surface area contributed by atoms with Crippen molar-refractivity contribution in [2.24, 2.45) is 5.73 Å². The normalized spacial score (nSPS) is 22.6. The number of carbonyl (C=O) groups excluding carboxylic acids is 1. The van der Waals surface area contributed by atoms with Gasteiger partial charge in [-0.05, 0) is 12.8 Å². The SMILES string of the molecule is C=CCOC(=O)N1CCCCC(N)C1. The summed E-state index contributed by atoms with van der Waals surface area (Å²) in [6.07, 6.45) is 4.38. The highest BCUT2D eigenvalue weighted by Crippen LogP contribution is 2.10. The molecule has 1 unspecified atom stereocenters. The molecule has 1 saturated heterocycles. The van der Waals surface area contributed by atoms with Gasteiger partial charge in [0.05, 0.1) is 0 Å². The lowest BCUT2D eigenvalue weighted by molar-refractivity contribution is 0.112. The molecule has 0 bridgehead atoms. The second kappa shape index (κ2) is 5.65. The molecule has 0 aromatic rings. The lowest BCUT2D eigenvalue weighted by atomic mass is 10.2. The fraction of sp³-hybridized carbons (Fsp3) is 0.700. The maximum Gasteiger partial charge on any atom is 0.410 e. The minimum absolute atomic E-state index is 0.0915. The summed E-state index contributed by atoms with van der Waals surface area (Å²) in [5.41, 5.74) is 5.82. The van der Waals surface area contributed by atoms with Crippen LogP contribution in [0, 0.1) is 0 Å². The lowest BCUT2D eigenvalue weighted by Crippen LogP contribution is -2.40. The molecule has 0 spiro atoms. The van der Waals surface area contributed by atoms with Crippen molar-refractivity contribution in [3.8, 4) is 0 Å². The van der Waals surface area contributed by atoms with Crippen molar-refractivity contribution in [2.75, 3.05) is 19.7 Å². The third kappa shape index (κ3) is 3.38. The number of likely N-dealkylation sites (tertiary alicyclic amines) is 1. The Morgan fingerprint density at radius 2 is 2.43 bits per heavy atom. The highest BCUT2D eigenvalue weighted by atomic mass is 16.6. The Kier molecular flexibility index (Phi) is 4.46. The first-order valence-corrected chi connectivity index (χ1v) is 5.02. The zero-order valence-corrected chi connectivity index (χ0v) is 8.45. The zero-order chi connectivity index (χ0) is 10.4. The summed E-state index contributed by atoms with van der Waals surface area (Å²) in [5, 5.41) is 0. The van der Waals surface area contributed by atoms with Gasteiger partial charge in [-0.2, -0.15) is 0 Å². The molecule has 2 N–H and O–H groups in total. The van der Waals surface area contributed by atoms with Crippen LogP contribution in [0.2, 0.25) is 0 Å². The number of nitrogens with zero attached hydrogens (tertiary/aromatic N) is 1. The number of hydrogen-bond donors (Lipinski definition) is 1. The number of hydrogen-bond acceptors (Lipinski definition) is 3. The van der Waals surface area contributed by atoms with E-state index in [9.17, 15) is 4.79 Å². The van der Waals surface area contributed by atoms with Gasteiger partial charge in [0.1, 0.15) is 6.61 Å². The molecule has 1 rings (SSSR count). The van der Waals surface area contributed by atoms with E-state index in [4.69, 9.17) is 10.5 Å². The van der Waals surface area contributed by atoms with E-state index in [0.717, 1.165) is 25.8 Å². The molecule has 1 heterocycles. The van der Waals surface area contributed by atoms with Crippen LogP contribution in [0.1, 0.15) is 19.3 Å². The van der Waals surface area contributed by atoms with Crippen LogP contribution >= 0.6 is 0 Å². The van der Waals surface area contributed by atoms with Gasteiger partial charge in [-0.25, -0.2) is 4.79 Å². The fourth-order valence-electron chi connectivity index (χ4n) is 1.56. The molecule has 1 fully saturated rings. The molecule has 0 aliphatic carbocycles. The van der Waals surface area contributed by atoms with Crippen molar-refractivity contribution in [1.29, 1.82) is 0 Å². The first-order valence-electron chi connectivity index (χ1n) is 5.02. The van der Waals surface area contributed by atoms with Gasteiger partial charge in [0.15, 0.2) is 0 Å². The van der Waals surface area contributed by atoms with Crippen molar-refractivity contribution in [3.63, 3.8) is 0 Å². The number of amides is 1. The predicted octanol–water partition coefficient (Wildman–Crippen LogP) is 1.12. The predicted molar refractivity (Wildman–Crippen MR) is 54.9 cm³/mol. The third-order valence-electron chi connectivity index (χ3n) is 2.29. The van der Waals surface area contributed by atoms with Gasteiger partial charge in [0.2, 0.25) is 0 Å². The van der Waals surface area contributed by atoms with Gasteiger partial charge < -0.3 is 15.4 Å². The van der Waals surface area contributed by atoms with Crippen molar-refractivity contribution >= 4 is 6.09 Å². The molecule has 1 amide bonds. The van der Waals surface area contributed by atoms with Crippen molar-refractivity contribution in [2.45, 2.75) is 25.3 Å². The first kappa shape index (κ1) is 11.0. The van der Waals surface area contributed by atoms with Crippen LogP contribution in [0.4, 0.5) is 4.79 Å². The first-order chi connectivity index (χ1) is 6.74. The largest absolute Gasteiger partial charge is 0.445 e. The standard InChI is InChI=1S/C10H18N2O2/c1-2-7-14-10(13)12-6-4-3-5-9(11)8-12/h2,9H,1,3-8,11H2. The highest BCUT2D eigenvalue weighted by Gasteiger charge is 2.20. The maximum absolute atomic E-state index is 11.5.